The van der Waals surface area contributed by atoms with Gasteiger partial charge in [0.05, 0.1) is 90.7 Å². The second-order valence-corrected chi connectivity index (χ2v) is 13.8. The third-order valence-corrected chi connectivity index (χ3v) is 10.6. The molecule has 4 aromatic heterocycles. The molecule has 8 nitrogen and oxygen atoms in total. The largest absolute Gasteiger partial charge is 0.256 e. The van der Waals surface area contributed by atoms with Crippen LogP contribution >= 0.6 is 0 Å². The summed E-state index contributed by atoms with van der Waals surface area (Å²) >= 11 is 0. The van der Waals surface area contributed by atoms with Gasteiger partial charge >= 0.3 is 0 Å². The van der Waals surface area contributed by atoms with Crippen molar-refractivity contribution in [2.45, 2.75) is 53.4 Å². The van der Waals surface area contributed by atoms with Crippen molar-refractivity contribution in [3.05, 3.63) is 190 Å². The van der Waals surface area contributed by atoms with Crippen molar-refractivity contribution < 1.29 is 0 Å². The minimum Gasteiger partial charge on any atom is -0.256 e. The average molecular weight is 729 g/mol. The molecular weight excluding hydrogens is 689 g/mol. The highest BCUT2D eigenvalue weighted by atomic mass is 14.9. The van der Waals surface area contributed by atoms with E-state index in [2.05, 4.69) is 101 Å². The maximum absolute atomic E-state index is 5.41. The highest BCUT2D eigenvalue weighted by molar-refractivity contribution is 6.39. The van der Waals surface area contributed by atoms with E-state index in [0.717, 1.165) is 139 Å². The summed E-state index contributed by atoms with van der Waals surface area (Å²) in [7, 11) is 0. The second-order valence-electron chi connectivity index (χ2n) is 13.8. The zero-order valence-corrected chi connectivity index (χ0v) is 32.0. The van der Waals surface area contributed by atoms with Crippen LogP contribution in [-0.2, 0) is 25.7 Å². The van der Waals surface area contributed by atoms with Gasteiger partial charge in [0.25, 0.3) is 0 Å². The van der Waals surface area contributed by atoms with Crippen molar-refractivity contribution in [3.8, 4) is 0 Å². The molecule has 5 aliphatic rings. The van der Waals surface area contributed by atoms with Crippen LogP contribution in [0, 0.1) is 0 Å². The molecule has 8 heteroatoms. The van der Waals surface area contributed by atoms with Gasteiger partial charge in [0, 0.05) is 24.8 Å². The highest BCUT2D eigenvalue weighted by Gasteiger charge is 2.30. The van der Waals surface area contributed by atoms with Crippen molar-refractivity contribution in [2.24, 2.45) is 20.0 Å². The molecule has 56 heavy (non-hydrogen) atoms. The lowest BCUT2D eigenvalue weighted by atomic mass is 9.98. The fraction of sp³-hybridized carbons (Fsp3) is 0.167. The topological polar surface area (TPSA) is 101 Å². The average Bonchev–Trinajstić information content (AvgIpc) is 4.10. The van der Waals surface area contributed by atoms with E-state index in [1.54, 1.807) is 0 Å². The molecule has 9 rings (SSSR count). The first-order valence-corrected chi connectivity index (χ1v) is 19.4. The van der Waals surface area contributed by atoms with Gasteiger partial charge in [-0.25, -0.2) is 20.0 Å². The van der Waals surface area contributed by atoms with E-state index in [9.17, 15) is 0 Å². The Kier molecular flexibility index (Phi) is 9.23. The van der Waals surface area contributed by atoms with E-state index >= 15 is 0 Å². The number of hydrogen-bond donors (Lipinski definition) is 0. The fourth-order valence-electron chi connectivity index (χ4n) is 7.85. The van der Waals surface area contributed by atoms with Crippen LogP contribution in [0.4, 0.5) is 0 Å². The van der Waals surface area contributed by atoms with E-state index < -0.39 is 0 Å². The van der Waals surface area contributed by atoms with Gasteiger partial charge in [-0.1, -0.05) is 52.0 Å². The first-order valence-electron chi connectivity index (χ1n) is 19.4. The van der Waals surface area contributed by atoms with Gasteiger partial charge in [0.2, 0.25) is 0 Å². The van der Waals surface area contributed by atoms with Crippen LogP contribution in [0.25, 0.3) is 22.3 Å². The quantitative estimate of drug-likeness (QED) is 0.180. The normalized spacial score (nSPS) is 17.1. The SMILES string of the molecule is CCc1cccnc1C1=C2C=CC(=N2)C(c2ncccc2CC)=C2C=CC(=N2)C(c2ncccc2CC)=C2C=CC(=N2)C(c2ncccc2CC)=C2C=CC1=N2. The Hall–Kier alpha value is -6.80. The molecule has 0 unspecified atom stereocenters. The molecule has 4 aromatic rings. The van der Waals surface area contributed by atoms with Crippen molar-refractivity contribution in [1.29, 1.82) is 0 Å². The van der Waals surface area contributed by atoms with Crippen molar-refractivity contribution in [3.63, 3.8) is 0 Å². The molecule has 272 valence electrons. The molecule has 0 spiro atoms. The Balaban J connectivity index is 1.41. The van der Waals surface area contributed by atoms with Crippen molar-refractivity contribution >= 4 is 45.1 Å². The molecule has 8 bridgehead atoms. The second kappa shape index (κ2) is 14.8. The zero-order chi connectivity index (χ0) is 38.2. The number of rotatable bonds is 8. The van der Waals surface area contributed by atoms with Gasteiger partial charge in [0.15, 0.2) is 0 Å². The monoisotopic (exact) mass is 728 g/mol. The van der Waals surface area contributed by atoms with E-state index in [0.29, 0.717) is 0 Å². The molecule has 0 aliphatic carbocycles. The molecule has 9 heterocycles. The number of pyridine rings is 4. The lowest BCUT2D eigenvalue weighted by molar-refractivity contribution is 1.08. The van der Waals surface area contributed by atoms with Crippen LogP contribution in [0.2, 0.25) is 0 Å². The Morgan fingerprint density at radius 2 is 0.554 bits per heavy atom. The number of aromatic nitrogens is 4. The number of nitrogens with zero attached hydrogens (tertiary/aromatic N) is 8. The van der Waals surface area contributed by atoms with Crippen LogP contribution < -0.4 is 0 Å². The molecular formula is C48H40N8. The number of allylic oxidation sites excluding steroid dienone is 12. The maximum atomic E-state index is 5.41. The summed E-state index contributed by atoms with van der Waals surface area (Å²) in [6.07, 6.45) is 27.2. The lowest BCUT2D eigenvalue weighted by Crippen LogP contribution is -2.08. The lowest BCUT2D eigenvalue weighted by Gasteiger charge is -2.15. The smallest absolute Gasteiger partial charge is 0.0777 e. The van der Waals surface area contributed by atoms with Crippen molar-refractivity contribution in [2.75, 3.05) is 0 Å². The first-order chi connectivity index (χ1) is 27.6. The minimum absolute atomic E-state index is 0.777. The molecule has 0 aromatic carbocycles. The molecule has 0 N–H and O–H groups in total. The molecule has 0 amide bonds. The molecule has 0 fully saturated rings. The van der Waals surface area contributed by atoms with E-state index in [1.807, 2.05) is 49.1 Å². The molecule has 0 radical (unpaired) electrons. The number of hydrogen-bond acceptors (Lipinski definition) is 8. The molecule has 0 saturated heterocycles. The van der Waals surface area contributed by atoms with Gasteiger partial charge in [-0.3, -0.25) is 19.9 Å². The summed E-state index contributed by atoms with van der Waals surface area (Å²) in [5.41, 5.74) is 17.6. The van der Waals surface area contributed by atoms with Gasteiger partial charge in [0.1, 0.15) is 0 Å². The van der Waals surface area contributed by atoms with E-state index in [4.69, 9.17) is 39.9 Å². The summed E-state index contributed by atoms with van der Waals surface area (Å²) in [5.74, 6) is 0. The highest BCUT2D eigenvalue weighted by Crippen LogP contribution is 2.39. The van der Waals surface area contributed by atoms with Gasteiger partial charge in [-0.2, -0.15) is 0 Å². The van der Waals surface area contributed by atoms with Crippen LogP contribution in [0.5, 0.6) is 0 Å². The Labute approximate surface area is 327 Å². The maximum Gasteiger partial charge on any atom is 0.0777 e. The predicted octanol–water partition coefficient (Wildman–Crippen LogP) is 9.52. The Morgan fingerprint density at radius 3 is 0.768 bits per heavy atom. The number of aliphatic imine (C=N–C) groups is 4. The summed E-state index contributed by atoms with van der Waals surface area (Å²) in [5, 5.41) is 0. The van der Waals surface area contributed by atoms with Crippen molar-refractivity contribution in [1.82, 2.24) is 19.9 Å². The number of aryl methyl sites for hydroxylation is 4. The fourth-order valence-corrected chi connectivity index (χ4v) is 7.85. The van der Waals surface area contributed by atoms with E-state index in [1.165, 1.54) is 0 Å². The predicted molar refractivity (Wildman–Crippen MR) is 228 cm³/mol. The summed E-state index contributed by atoms with van der Waals surface area (Å²) in [4.78, 5) is 41.5. The van der Waals surface area contributed by atoms with Crippen LogP contribution in [0.3, 0.4) is 0 Å². The third-order valence-electron chi connectivity index (χ3n) is 10.6. The summed E-state index contributed by atoms with van der Waals surface area (Å²) in [6, 6.07) is 16.5. The van der Waals surface area contributed by atoms with Gasteiger partial charge < -0.3 is 0 Å². The van der Waals surface area contributed by atoms with Crippen LogP contribution in [0.1, 0.15) is 72.7 Å². The van der Waals surface area contributed by atoms with Gasteiger partial charge in [-0.15, -0.1) is 0 Å². The number of fused-ring (bicyclic) bond motifs is 4. The summed E-state index contributed by atoms with van der Waals surface area (Å²) in [6.45, 7) is 8.61. The van der Waals surface area contributed by atoms with Crippen LogP contribution in [-0.4, -0.2) is 42.8 Å². The standard InChI is InChI=1S/C48H40N8/c1-5-29-13-9-25-49-45(29)41-33-17-19-35(53-33)42(46-30(6-2)14-10-26-50-46)37-21-23-39(55-37)44(48-32(8-4)16-12-28-52-48)40-24-22-38(56-40)43(36-20-18-34(41)54-36)47-31(7-3)15-11-27-51-47/h9-28H,5-8H2,1-4H3. The van der Waals surface area contributed by atoms with E-state index in [-0.39, 0.29) is 0 Å². The first kappa shape index (κ1) is 34.9. The molecule has 5 aliphatic heterocycles. The zero-order valence-electron chi connectivity index (χ0n) is 32.0. The van der Waals surface area contributed by atoms with Crippen LogP contribution in [0.15, 0.2) is 165 Å². The van der Waals surface area contributed by atoms with Gasteiger partial charge in [-0.05, 0) is 121 Å². The molecule has 0 atom stereocenters. The Bertz CT molecular complexity index is 2350. The third kappa shape index (κ3) is 6.04. The Morgan fingerprint density at radius 1 is 0.321 bits per heavy atom. The summed E-state index contributed by atoms with van der Waals surface area (Å²) < 4.78 is 0. The molecule has 0 saturated carbocycles. The minimum atomic E-state index is 0.777.